The van der Waals surface area contributed by atoms with Gasteiger partial charge in [0, 0.05) is 33.3 Å². The summed E-state index contributed by atoms with van der Waals surface area (Å²) in [4.78, 5) is 14.2. The molecule has 0 unspecified atom stereocenters. The van der Waals surface area contributed by atoms with E-state index in [1.807, 2.05) is 103 Å². The third-order valence-corrected chi connectivity index (χ3v) is 9.10. The number of aromatic nitrogens is 2. The highest BCUT2D eigenvalue weighted by Crippen LogP contribution is 2.45. The van der Waals surface area contributed by atoms with Gasteiger partial charge in [-0.05, 0) is 60.8 Å². The van der Waals surface area contributed by atoms with Gasteiger partial charge >= 0.3 is 0 Å². The van der Waals surface area contributed by atoms with Gasteiger partial charge in [-0.2, -0.15) is 0 Å². The number of anilines is 2. The number of aliphatic imine (C=N–C) groups is 3. The molecular formula is C44H35N7. The van der Waals surface area contributed by atoms with E-state index in [9.17, 15) is 0 Å². The highest BCUT2D eigenvalue weighted by Gasteiger charge is 2.26. The van der Waals surface area contributed by atoms with Crippen molar-refractivity contribution in [2.24, 2.45) is 15.0 Å². The summed E-state index contributed by atoms with van der Waals surface area (Å²) in [5, 5.41) is 1.91. The van der Waals surface area contributed by atoms with Crippen LogP contribution in [0.2, 0.25) is 0 Å². The number of benzene rings is 6. The van der Waals surface area contributed by atoms with Gasteiger partial charge in [0.2, 0.25) is 0 Å². The molecular weight excluding hydrogens is 627 g/mol. The number of para-hydroxylation sites is 3. The lowest BCUT2D eigenvalue weighted by Gasteiger charge is -2.16. The maximum absolute atomic E-state index is 7.10. The average molecular weight is 662 g/mol. The van der Waals surface area contributed by atoms with E-state index < -0.39 is 0 Å². The van der Waals surface area contributed by atoms with Gasteiger partial charge in [0.1, 0.15) is 0 Å². The summed E-state index contributed by atoms with van der Waals surface area (Å²) in [7, 11) is 0. The molecule has 8 rings (SSSR count). The predicted molar refractivity (Wildman–Crippen MR) is 214 cm³/mol. The van der Waals surface area contributed by atoms with Crippen LogP contribution in [0, 0.1) is 0 Å². The van der Waals surface area contributed by atoms with E-state index in [2.05, 4.69) is 81.5 Å². The van der Waals surface area contributed by atoms with Crippen LogP contribution in [0.15, 0.2) is 179 Å². The van der Waals surface area contributed by atoms with Crippen molar-refractivity contribution in [1.29, 1.82) is 0 Å². The van der Waals surface area contributed by atoms with Crippen molar-refractivity contribution < 1.29 is 0 Å². The van der Waals surface area contributed by atoms with Crippen LogP contribution in [0.3, 0.4) is 0 Å². The molecule has 4 N–H and O–H groups in total. The topological polar surface area (TPSA) is 99.0 Å². The number of nitrogens with two attached hydrogens (primary N) is 2. The van der Waals surface area contributed by atoms with Gasteiger partial charge in [-0.3, -0.25) is 4.99 Å². The Hall–Kier alpha value is -6.99. The first-order valence-corrected chi connectivity index (χ1v) is 16.8. The Morgan fingerprint density at radius 2 is 0.941 bits per heavy atom. The first-order valence-electron chi connectivity index (χ1n) is 16.8. The molecule has 0 aliphatic carbocycles. The summed E-state index contributed by atoms with van der Waals surface area (Å²) in [6.45, 7) is 4.28. The van der Waals surface area contributed by atoms with Crippen molar-refractivity contribution in [3.8, 4) is 22.8 Å². The molecule has 8 aromatic rings. The molecule has 2 aromatic heterocycles. The number of rotatable bonds is 7. The maximum atomic E-state index is 7.10. The molecule has 0 saturated heterocycles. The Labute approximate surface area is 296 Å². The third-order valence-electron chi connectivity index (χ3n) is 9.10. The number of nitrogen functional groups attached to an aromatic ring is 2. The van der Waals surface area contributed by atoms with Crippen LogP contribution in [0.25, 0.3) is 44.6 Å². The first kappa shape index (κ1) is 31.3. The monoisotopic (exact) mass is 661 g/mol. The molecule has 0 spiro atoms. The zero-order chi connectivity index (χ0) is 34.7. The van der Waals surface area contributed by atoms with Crippen molar-refractivity contribution in [3.63, 3.8) is 0 Å². The Morgan fingerprint density at radius 3 is 1.49 bits per heavy atom. The Bertz CT molecular complexity index is 2560. The average Bonchev–Trinajstić information content (AvgIpc) is 3.65. The third kappa shape index (κ3) is 5.77. The fourth-order valence-electron chi connectivity index (χ4n) is 6.69. The molecule has 7 heteroatoms. The van der Waals surface area contributed by atoms with Gasteiger partial charge in [0.25, 0.3) is 0 Å². The smallest absolute Gasteiger partial charge is 0.161 e. The normalized spacial score (nSPS) is 12.1. The van der Waals surface area contributed by atoms with E-state index in [-0.39, 0.29) is 0 Å². The molecule has 0 fully saturated rings. The van der Waals surface area contributed by atoms with Crippen molar-refractivity contribution in [2.45, 2.75) is 6.54 Å². The number of amidine groups is 2. The Balaban J connectivity index is 1.31. The van der Waals surface area contributed by atoms with Crippen LogP contribution in [-0.4, -0.2) is 27.5 Å². The molecule has 0 saturated carbocycles. The largest absolute Gasteiger partial charge is 0.396 e. The Morgan fingerprint density at radius 1 is 0.490 bits per heavy atom. The molecule has 0 radical (unpaired) electrons. The summed E-state index contributed by atoms with van der Waals surface area (Å²) in [6, 6.07) is 54.8. The zero-order valence-corrected chi connectivity index (χ0v) is 27.9. The van der Waals surface area contributed by atoms with Crippen LogP contribution in [0.5, 0.6) is 0 Å². The van der Waals surface area contributed by atoms with E-state index in [0.29, 0.717) is 29.6 Å². The molecule has 0 aliphatic rings. The number of hydrogen-bond acceptors (Lipinski definition) is 3. The van der Waals surface area contributed by atoms with Crippen LogP contribution in [-0.2, 0) is 6.54 Å². The van der Waals surface area contributed by atoms with E-state index in [1.54, 1.807) is 0 Å². The summed E-state index contributed by atoms with van der Waals surface area (Å²) in [5.74, 6) is 1.06. The first-order chi connectivity index (χ1) is 25.1. The van der Waals surface area contributed by atoms with Crippen molar-refractivity contribution in [3.05, 3.63) is 180 Å². The lowest BCUT2D eigenvalue weighted by atomic mass is 10.1. The second kappa shape index (κ2) is 13.5. The summed E-state index contributed by atoms with van der Waals surface area (Å²) in [6.07, 6.45) is 0. The van der Waals surface area contributed by atoms with Gasteiger partial charge in [-0.1, -0.05) is 115 Å². The van der Waals surface area contributed by atoms with Crippen molar-refractivity contribution in [1.82, 2.24) is 9.13 Å². The van der Waals surface area contributed by atoms with Gasteiger partial charge in [0.15, 0.2) is 11.7 Å². The minimum Gasteiger partial charge on any atom is -0.396 e. The highest BCUT2D eigenvalue weighted by atomic mass is 15.1. The van der Waals surface area contributed by atoms with E-state index in [4.69, 9.17) is 21.5 Å². The SMILES string of the molecule is C=NC(=NC(=NCc1ccccc1)c1ccc(-n2c(-c3c(N)c4ccccc4n3-c3ccccc3)c(N)c3ccccc32)cc1)c1ccccc1. The fraction of sp³-hybridized carbons (Fsp3) is 0.0227. The van der Waals surface area contributed by atoms with Crippen LogP contribution >= 0.6 is 0 Å². The molecule has 0 aliphatic heterocycles. The number of hydrogen-bond donors (Lipinski definition) is 2. The molecule has 246 valence electrons. The van der Waals surface area contributed by atoms with E-state index in [0.717, 1.165) is 61.3 Å². The fourth-order valence-corrected chi connectivity index (χ4v) is 6.69. The van der Waals surface area contributed by atoms with Crippen molar-refractivity contribution in [2.75, 3.05) is 11.5 Å². The quantitative estimate of drug-likeness (QED) is 0.131. The van der Waals surface area contributed by atoms with Crippen LogP contribution < -0.4 is 11.5 Å². The van der Waals surface area contributed by atoms with Gasteiger partial charge in [-0.25, -0.2) is 9.98 Å². The molecule has 2 heterocycles. The number of nitrogens with zero attached hydrogens (tertiary/aromatic N) is 5. The summed E-state index contributed by atoms with van der Waals surface area (Å²) >= 11 is 0. The minimum absolute atomic E-state index is 0.465. The van der Waals surface area contributed by atoms with Crippen LogP contribution in [0.1, 0.15) is 16.7 Å². The van der Waals surface area contributed by atoms with Gasteiger partial charge in [-0.15, -0.1) is 0 Å². The Kier molecular flexibility index (Phi) is 8.28. The van der Waals surface area contributed by atoms with Crippen molar-refractivity contribution >= 4 is 51.6 Å². The molecule has 0 amide bonds. The van der Waals surface area contributed by atoms with Crippen LogP contribution in [0.4, 0.5) is 11.4 Å². The zero-order valence-electron chi connectivity index (χ0n) is 27.9. The van der Waals surface area contributed by atoms with E-state index in [1.165, 1.54) is 0 Å². The van der Waals surface area contributed by atoms with Gasteiger partial charge < -0.3 is 20.6 Å². The minimum atomic E-state index is 0.465. The number of fused-ring (bicyclic) bond motifs is 2. The molecule has 51 heavy (non-hydrogen) atoms. The molecule has 0 atom stereocenters. The van der Waals surface area contributed by atoms with E-state index >= 15 is 0 Å². The molecule has 6 aromatic carbocycles. The maximum Gasteiger partial charge on any atom is 0.161 e. The highest BCUT2D eigenvalue weighted by molar-refractivity contribution is 6.13. The lowest BCUT2D eigenvalue weighted by Crippen LogP contribution is -2.07. The second-order valence-corrected chi connectivity index (χ2v) is 12.2. The molecule has 7 nitrogen and oxygen atoms in total. The van der Waals surface area contributed by atoms with Gasteiger partial charge in [0.05, 0.1) is 40.3 Å². The summed E-state index contributed by atoms with van der Waals surface area (Å²) < 4.78 is 4.40. The predicted octanol–water partition coefficient (Wildman–Crippen LogP) is 9.50. The summed E-state index contributed by atoms with van der Waals surface area (Å²) in [5.41, 5.74) is 23.8. The lowest BCUT2D eigenvalue weighted by molar-refractivity contribution is 1.06. The second-order valence-electron chi connectivity index (χ2n) is 12.2. The standard InChI is InChI=1S/C44H35N7/c1-47-43(31-17-7-3-8-18-31)49-44(48-29-30-15-5-2-6-16-30)32-25-27-34(28-26-32)51-38-24-14-12-22-36(38)40(46)42(51)41-39(45)35-21-11-13-23-37(35)50(41)33-19-9-4-10-20-33/h2-28H,1,29,45-46H2. The molecule has 0 bridgehead atoms.